The van der Waals surface area contributed by atoms with Gasteiger partial charge in [-0.3, -0.25) is 4.79 Å². The molecule has 0 saturated carbocycles. The lowest BCUT2D eigenvalue weighted by atomic mass is 10.2. The largest absolute Gasteiger partial charge is 0.748 e. The minimum absolute atomic E-state index is 0.00260. The molecule has 2 heterocycles. The highest BCUT2D eigenvalue weighted by Gasteiger charge is 2.34. The van der Waals surface area contributed by atoms with Crippen molar-refractivity contribution in [2.75, 3.05) is 19.3 Å². The minimum atomic E-state index is -3.92. The van der Waals surface area contributed by atoms with E-state index in [1.54, 1.807) is 30.3 Å². The summed E-state index contributed by atoms with van der Waals surface area (Å²) in [5.74, 6) is 0.569. The lowest BCUT2D eigenvalue weighted by Crippen LogP contribution is -2.47. The number of aryl methyl sites for hydroxylation is 1. The van der Waals surface area contributed by atoms with E-state index in [9.17, 15) is 14.3 Å². The van der Waals surface area contributed by atoms with Crippen LogP contribution in [0.15, 0.2) is 36.4 Å². The van der Waals surface area contributed by atoms with E-state index in [1.165, 1.54) is 4.90 Å². The molecule has 30 heavy (non-hydrogen) atoms. The number of aliphatic hydroxyl groups excluding tert-OH is 1. The van der Waals surface area contributed by atoms with Gasteiger partial charge in [-0.25, -0.2) is 17.8 Å². The van der Waals surface area contributed by atoms with E-state index in [1.807, 2.05) is 13.0 Å². The zero-order chi connectivity index (χ0) is 22.5. The van der Waals surface area contributed by atoms with Crippen LogP contribution in [0.3, 0.4) is 0 Å². The highest BCUT2D eigenvalue weighted by Crippen LogP contribution is 2.24. The SMILES string of the molecule is CS(=O)(=O)[O-].Cc1cc(C[NH3+])cc(Oc2cccc(C(=O)N3C[C@@H](O)[C@H](F)C3)c2)n1. The number of likely N-dealkylation sites (tertiary alicyclic amines) is 1. The Bertz CT molecular complexity index is 984. The third-order valence-electron chi connectivity index (χ3n) is 4.09. The molecule has 1 aromatic carbocycles. The summed E-state index contributed by atoms with van der Waals surface area (Å²) in [4.78, 5) is 18.1. The lowest BCUT2D eigenvalue weighted by molar-refractivity contribution is -0.386. The summed E-state index contributed by atoms with van der Waals surface area (Å²) < 4.78 is 46.4. The first-order valence-corrected chi connectivity index (χ1v) is 10.8. The van der Waals surface area contributed by atoms with Gasteiger partial charge in [0, 0.05) is 35.7 Å². The average molecular weight is 441 g/mol. The van der Waals surface area contributed by atoms with Gasteiger partial charge in [0.15, 0.2) is 0 Å². The number of hydrogen-bond acceptors (Lipinski definition) is 7. The van der Waals surface area contributed by atoms with Crippen LogP contribution in [-0.4, -0.2) is 65.5 Å². The minimum Gasteiger partial charge on any atom is -0.748 e. The molecule has 2 atom stereocenters. The highest BCUT2D eigenvalue weighted by atomic mass is 32.2. The summed E-state index contributed by atoms with van der Waals surface area (Å²) in [6.07, 6.45) is -1.92. The van der Waals surface area contributed by atoms with E-state index < -0.39 is 22.4 Å². The number of alkyl halides is 1. The number of hydrogen-bond donors (Lipinski definition) is 2. The predicted octanol–water partition coefficient (Wildman–Crippen LogP) is 0.240. The number of β-amino-alcohol motifs (C(OH)–C–C–N with tert-alkyl or cyclic N) is 1. The van der Waals surface area contributed by atoms with E-state index in [4.69, 9.17) is 17.7 Å². The summed E-state index contributed by atoms with van der Waals surface area (Å²) in [6.45, 7) is 2.40. The number of aliphatic hydroxyl groups is 1. The Morgan fingerprint density at radius 2 is 2.03 bits per heavy atom. The van der Waals surface area contributed by atoms with E-state index in [-0.39, 0.29) is 19.0 Å². The molecule has 0 spiro atoms. The Morgan fingerprint density at radius 3 is 2.60 bits per heavy atom. The molecule has 0 bridgehead atoms. The number of halogens is 1. The highest BCUT2D eigenvalue weighted by molar-refractivity contribution is 7.84. The van der Waals surface area contributed by atoms with Crippen molar-refractivity contribution in [1.82, 2.24) is 9.88 Å². The average Bonchev–Trinajstić information content (AvgIpc) is 2.98. The number of carbonyl (C=O) groups is 1. The number of carbonyl (C=O) groups excluding carboxylic acids is 1. The van der Waals surface area contributed by atoms with Crippen LogP contribution in [0.1, 0.15) is 21.6 Å². The number of amides is 1. The van der Waals surface area contributed by atoms with Gasteiger partial charge < -0.3 is 25.0 Å². The quantitative estimate of drug-likeness (QED) is 0.646. The first-order chi connectivity index (χ1) is 14.0. The Labute approximate surface area is 174 Å². The maximum absolute atomic E-state index is 13.4. The number of quaternary nitrogens is 1. The van der Waals surface area contributed by atoms with Crippen molar-refractivity contribution >= 4 is 16.0 Å². The predicted molar refractivity (Wildman–Crippen MR) is 105 cm³/mol. The van der Waals surface area contributed by atoms with Crippen molar-refractivity contribution in [2.24, 2.45) is 0 Å². The zero-order valence-electron chi connectivity index (χ0n) is 16.6. The second kappa shape index (κ2) is 9.94. The van der Waals surface area contributed by atoms with Crippen LogP contribution >= 0.6 is 0 Å². The van der Waals surface area contributed by atoms with E-state index in [0.717, 1.165) is 11.3 Å². The number of benzene rings is 1. The maximum atomic E-state index is 13.4. The van der Waals surface area contributed by atoms with Gasteiger partial charge in [0.2, 0.25) is 5.88 Å². The second-order valence-electron chi connectivity index (χ2n) is 6.83. The Morgan fingerprint density at radius 1 is 1.37 bits per heavy atom. The molecule has 11 heteroatoms. The van der Waals surface area contributed by atoms with Gasteiger partial charge >= 0.3 is 0 Å². The number of nitrogens with zero attached hydrogens (tertiary/aromatic N) is 2. The summed E-state index contributed by atoms with van der Waals surface area (Å²) in [5, 5.41) is 9.48. The molecular weight excluding hydrogens is 417 g/mol. The van der Waals surface area contributed by atoms with Crippen LogP contribution in [0.25, 0.3) is 0 Å². The van der Waals surface area contributed by atoms with Crippen LogP contribution in [0.4, 0.5) is 4.39 Å². The number of rotatable bonds is 4. The van der Waals surface area contributed by atoms with Crippen molar-refractivity contribution in [3.63, 3.8) is 0 Å². The van der Waals surface area contributed by atoms with E-state index >= 15 is 0 Å². The number of ether oxygens (including phenoxy) is 1. The van der Waals surface area contributed by atoms with Crippen LogP contribution in [-0.2, 0) is 16.7 Å². The first kappa shape index (κ1) is 23.7. The molecule has 164 valence electrons. The lowest BCUT2D eigenvalue weighted by Gasteiger charge is -2.15. The Hall–Kier alpha value is -2.60. The van der Waals surface area contributed by atoms with Crippen LogP contribution < -0.4 is 10.5 Å². The normalized spacial score (nSPS) is 18.5. The molecule has 1 aliphatic rings. The molecule has 0 radical (unpaired) electrons. The zero-order valence-corrected chi connectivity index (χ0v) is 17.4. The van der Waals surface area contributed by atoms with Crippen LogP contribution in [0.5, 0.6) is 11.6 Å². The van der Waals surface area contributed by atoms with Gasteiger partial charge in [-0.1, -0.05) is 6.07 Å². The number of pyridine rings is 1. The molecule has 1 amide bonds. The summed E-state index contributed by atoms with van der Waals surface area (Å²) >= 11 is 0. The van der Waals surface area contributed by atoms with Crippen molar-refractivity contribution in [3.8, 4) is 11.6 Å². The smallest absolute Gasteiger partial charge is 0.254 e. The van der Waals surface area contributed by atoms with Crippen molar-refractivity contribution in [1.29, 1.82) is 0 Å². The van der Waals surface area contributed by atoms with E-state index in [2.05, 4.69) is 10.7 Å². The molecule has 9 nitrogen and oxygen atoms in total. The molecule has 1 fully saturated rings. The van der Waals surface area contributed by atoms with Gasteiger partial charge in [0.25, 0.3) is 5.91 Å². The van der Waals surface area contributed by atoms with Crippen molar-refractivity contribution in [3.05, 3.63) is 53.2 Å². The van der Waals surface area contributed by atoms with Gasteiger partial charge in [0.1, 0.15) is 18.0 Å². The van der Waals surface area contributed by atoms with Crippen molar-refractivity contribution < 1.29 is 37.7 Å². The maximum Gasteiger partial charge on any atom is 0.254 e. The molecule has 1 aromatic heterocycles. The molecular formula is C19H24FN3O6S. The Balaban J connectivity index is 0.000000575. The second-order valence-corrected chi connectivity index (χ2v) is 8.24. The summed E-state index contributed by atoms with van der Waals surface area (Å²) in [5.41, 5.74) is 6.06. The third-order valence-corrected chi connectivity index (χ3v) is 4.09. The third kappa shape index (κ3) is 7.34. The topological polar surface area (TPSA) is 148 Å². The molecule has 0 aliphatic carbocycles. The summed E-state index contributed by atoms with van der Waals surface area (Å²) in [6, 6.07) is 10.4. The van der Waals surface area contributed by atoms with Crippen LogP contribution in [0, 0.1) is 6.92 Å². The van der Waals surface area contributed by atoms with Crippen LogP contribution in [0.2, 0.25) is 0 Å². The van der Waals surface area contributed by atoms with Gasteiger partial charge in [-0.15, -0.1) is 0 Å². The molecule has 3 rings (SSSR count). The molecule has 1 saturated heterocycles. The Kier molecular flexibility index (Phi) is 7.84. The number of aromatic nitrogens is 1. The fourth-order valence-electron chi connectivity index (χ4n) is 2.81. The summed E-state index contributed by atoms with van der Waals surface area (Å²) in [7, 11) is -3.92. The molecule has 0 unspecified atom stereocenters. The fraction of sp³-hybridized carbons (Fsp3) is 0.368. The van der Waals surface area contributed by atoms with Gasteiger partial charge in [-0.2, -0.15) is 0 Å². The first-order valence-electron chi connectivity index (χ1n) is 9.03. The molecule has 1 aliphatic heterocycles. The van der Waals surface area contributed by atoms with E-state index in [0.29, 0.717) is 30.0 Å². The van der Waals surface area contributed by atoms with Gasteiger partial charge in [0.05, 0.1) is 23.2 Å². The molecule has 4 N–H and O–H groups in total. The molecule has 2 aromatic rings. The van der Waals surface area contributed by atoms with Crippen molar-refractivity contribution in [2.45, 2.75) is 25.7 Å². The fourth-order valence-corrected chi connectivity index (χ4v) is 2.81. The van der Waals surface area contributed by atoms with Gasteiger partial charge in [-0.05, 0) is 31.2 Å². The monoisotopic (exact) mass is 441 g/mol. The standard InChI is InChI=1S/C18H20FN3O3.CH4O3S/c1-11-5-12(8-20)6-17(21-11)25-14-4-2-3-13(7-14)18(24)22-9-15(19)16(23)10-22;1-5(2,3)4/h2-7,15-16,23H,8-10,20H2,1H3;1H3,(H,2,3,4)/t15-,16-;/m1./s1.